The second-order valence-electron chi connectivity index (χ2n) is 5.41. The van der Waals surface area contributed by atoms with Crippen LogP contribution in [0, 0.1) is 5.82 Å². The summed E-state index contributed by atoms with van der Waals surface area (Å²) in [6, 6.07) is 3.92. The molecule has 1 amide bonds. The number of likely N-dealkylation sites (tertiary alicyclic amines) is 1. The number of carbonyl (C=O) groups is 1. The van der Waals surface area contributed by atoms with E-state index in [1.165, 1.54) is 18.2 Å². The molecule has 2 rings (SSSR count). The Morgan fingerprint density at radius 1 is 1.53 bits per heavy atom. The molecular weight excluding hydrogens is 269 g/mol. The highest BCUT2D eigenvalue weighted by Gasteiger charge is 2.39. The Morgan fingerprint density at radius 2 is 2.21 bits per heavy atom. The summed E-state index contributed by atoms with van der Waals surface area (Å²) in [5.41, 5.74) is -0.829. The first-order valence-electron chi connectivity index (χ1n) is 6.29. The third-order valence-electron chi connectivity index (χ3n) is 3.51. The van der Waals surface area contributed by atoms with E-state index in [0.717, 1.165) is 12.8 Å². The minimum absolute atomic E-state index is 0.151. The summed E-state index contributed by atoms with van der Waals surface area (Å²) >= 11 is 5.84. The standard InChI is InChI=1S/C14H17ClFNO2/c1-14(2,19)11-7-4-8-17(11)13(18)9-5-3-6-10(16)12(9)15/h3,5-6,11,19H,4,7-8H2,1-2H3/t11-/m0/s1. The SMILES string of the molecule is CC(C)(O)[C@@H]1CCCN1C(=O)c1cccc(F)c1Cl. The van der Waals surface area contributed by atoms with E-state index in [9.17, 15) is 14.3 Å². The van der Waals surface area contributed by atoms with Gasteiger partial charge in [0.25, 0.3) is 5.91 Å². The highest BCUT2D eigenvalue weighted by molar-refractivity contribution is 6.34. The number of halogens is 2. The summed E-state index contributed by atoms with van der Waals surface area (Å²) in [7, 11) is 0. The van der Waals surface area contributed by atoms with E-state index in [4.69, 9.17) is 11.6 Å². The van der Waals surface area contributed by atoms with Gasteiger partial charge in [-0.1, -0.05) is 17.7 Å². The fourth-order valence-electron chi connectivity index (χ4n) is 2.57. The summed E-state index contributed by atoms with van der Waals surface area (Å²) in [6.45, 7) is 3.91. The number of hydrogen-bond donors (Lipinski definition) is 1. The van der Waals surface area contributed by atoms with Crippen LogP contribution in [0.25, 0.3) is 0 Å². The van der Waals surface area contributed by atoms with E-state index < -0.39 is 11.4 Å². The average molecular weight is 286 g/mol. The molecule has 0 spiro atoms. The minimum atomic E-state index is -0.980. The Kier molecular flexibility index (Phi) is 3.83. The van der Waals surface area contributed by atoms with Gasteiger partial charge < -0.3 is 10.0 Å². The lowest BCUT2D eigenvalue weighted by atomic mass is 9.96. The van der Waals surface area contributed by atoms with Crippen molar-refractivity contribution in [2.75, 3.05) is 6.54 Å². The van der Waals surface area contributed by atoms with Gasteiger partial charge in [0.2, 0.25) is 0 Å². The molecule has 1 fully saturated rings. The van der Waals surface area contributed by atoms with Gasteiger partial charge in [0, 0.05) is 6.54 Å². The molecule has 1 aliphatic rings. The predicted molar refractivity (Wildman–Crippen MR) is 71.8 cm³/mol. The van der Waals surface area contributed by atoms with Crippen LogP contribution < -0.4 is 0 Å². The second kappa shape index (κ2) is 5.10. The van der Waals surface area contributed by atoms with Gasteiger partial charge in [0.15, 0.2) is 0 Å². The monoisotopic (exact) mass is 285 g/mol. The lowest BCUT2D eigenvalue weighted by Crippen LogP contribution is -2.48. The summed E-state index contributed by atoms with van der Waals surface area (Å²) in [5.74, 6) is -0.930. The van der Waals surface area contributed by atoms with Crippen LogP contribution >= 0.6 is 11.6 Å². The van der Waals surface area contributed by atoms with Gasteiger partial charge in [-0.2, -0.15) is 0 Å². The highest BCUT2D eigenvalue weighted by atomic mass is 35.5. The van der Waals surface area contributed by atoms with Crippen LogP contribution in [0.3, 0.4) is 0 Å². The van der Waals surface area contributed by atoms with Gasteiger partial charge in [0.05, 0.1) is 22.2 Å². The van der Waals surface area contributed by atoms with Crippen molar-refractivity contribution < 1.29 is 14.3 Å². The molecule has 0 unspecified atom stereocenters. The third kappa shape index (κ3) is 2.74. The maximum atomic E-state index is 13.4. The minimum Gasteiger partial charge on any atom is -0.388 e. The van der Waals surface area contributed by atoms with Crippen molar-refractivity contribution in [3.8, 4) is 0 Å². The zero-order chi connectivity index (χ0) is 14.2. The molecule has 104 valence electrons. The molecule has 0 saturated carbocycles. The average Bonchev–Trinajstić information content (AvgIpc) is 2.80. The van der Waals surface area contributed by atoms with Crippen LogP contribution in [0.2, 0.25) is 5.02 Å². The van der Waals surface area contributed by atoms with Gasteiger partial charge >= 0.3 is 0 Å². The molecule has 5 heteroatoms. The van der Waals surface area contributed by atoms with Crippen LogP contribution in [-0.2, 0) is 0 Å². The van der Waals surface area contributed by atoms with E-state index in [0.29, 0.717) is 6.54 Å². The van der Waals surface area contributed by atoms with E-state index >= 15 is 0 Å². The molecule has 3 nitrogen and oxygen atoms in total. The Labute approximate surface area is 117 Å². The molecule has 0 bridgehead atoms. The van der Waals surface area contributed by atoms with Gasteiger partial charge in [-0.05, 0) is 38.8 Å². The van der Waals surface area contributed by atoms with Gasteiger partial charge in [-0.3, -0.25) is 4.79 Å². The largest absolute Gasteiger partial charge is 0.388 e. The molecular formula is C14H17ClFNO2. The van der Waals surface area contributed by atoms with Crippen LogP contribution in [0.5, 0.6) is 0 Å². The zero-order valence-corrected chi connectivity index (χ0v) is 11.7. The number of benzene rings is 1. The third-order valence-corrected chi connectivity index (χ3v) is 3.90. The summed E-state index contributed by atoms with van der Waals surface area (Å²) in [4.78, 5) is 14.0. The van der Waals surface area contributed by atoms with Gasteiger partial charge in [0.1, 0.15) is 5.82 Å². The first kappa shape index (κ1) is 14.3. The van der Waals surface area contributed by atoms with E-state index in [2.05, 4.69) is 0 Å². The number of aliphatic hydroxyl groups is 1. The number of rotatable bonds is 2. The normalized spacial score (nSPS) is 19.8. The maximum absolute atomic E-state index is 13.4. The Balaban J connectivity index is 2.31. The van der Waals surface area contributed by atoms with Crippen LogP contribution in [-0.4, -0.2) is 34.1 Å². The second-order valence-corrected chi connectivity index (χ2v) is 5.79. The molecule has 0 aliphatic carbocycles. The van der Waals surface area contributed by atoms with Crippen molar-refractivity contribution in [2.45, 2.75) is 38.3 Å². The van der Waals surface area contributed by atoms with E-state index in [-0.39, 0.29) is 22.5 Å². The number of carbonyl (C=O) groups excluding carboxylic acids is 1. The lowest BCUT2D eigenvalue weighted by molar-refractivity contribution is 0.000329. The molecule has 1 aromatic rings. The summed E-state index contributed by atoms with van der Waals surface area (Å²) in [6.07, 6.45) is 1.56. The fourth-order valence-corrected chi connectivity index (χ4v) is 2.77. The molecule has 1 N–H and O–H groups in total. The van der Waals surface area contributed by atoms with Crippen LogP contribution in [0.1, 0.15) is 37.0 Å². The molecule has 1 heterocycles. The first-order valence-corrected chi connectivity index (χ1v) is 6.67. The predicted octanol–water partition coefficient (Wildman–Crippen LogP) is 2.85. The molecule has 1 saturated heterocycles. The Morgan fingerprint density at radius 3 is 2.84 bits per heavy atom. The van der Waals surface area contributed by atoms with E-state index in [1.54, 1.807) is 18.7 Å². The number of hydrogen-bond acceptors (Lipinski definition) is 2. The van der Waals surface area contributed by atoms with Crippen molar-refractivity contribution >= 4 is 17.5 Å². The molecule has 1 aromatic carbocycles. The Hall–Kier alpha value is -1.13. The highest BCUT2D eigenvalue weighted by Crippen LogP contribution is 2.30. The summed E-state index contributed by atoms with van der Waals surface area (Å²) < 4.78 is 13.4. The molecule has 0 radical (unpaired) electrons. The van der Waals surface area contributed by atoms with Crippen molar-refractivity contribution in [1.29, 1.82) is 0 Å². The smallest absolute Gasteiger partial charge is 0.255 e. The quantitative estimate of drug-likeness (QED) is 0.908. The van der Waals surface area contributed by atoms with Gasteiger partial charge in [-0.25, -0.2) is 4.39 Å². The van der Waals surface area contributed by atoms with Crippen molar-refractivity contribution in [1.82, 2.24) is 4.90 Å². The lowest BCUT2D eigenvalue weighted by Gasteiger charge is -2.34. The molecule has 0 aromatic heterocycles. The molecule has 1 aliphatic heterocycles. The Bertz CT molecular complexity index is 499. The van der Waals surface area contributed by atoms with E-state index in [1.807, 2.05) is 0 Å². The topological polar surface area (TPSA) is 40.5 Å². The molecule has 1 atom stereocenters. The molecule has 19 heavy (non-hydrogen) atoms. The van der Waals surface area contributed by atoms with Gasteiger partial charge in [-0.15, -0.1) is 0 Å². The number of nitrogens with zero attached hydrogens (tertiary/aromatic N) is 1. The van der Waals surface area contributed by atoms with Crippen molar-refractivity contribution in [3.63, 3.8) is 0 Å². The van der Waals surface area contributed by atoms with Crippen molar-refractivity contribution in [2.24, 2.45) is 0 Å². The fraction of sp³-hybridized carbons (Fsp3) is 0.500. The van der Waals surface area contributed by atoms with Crippen LogP contribution in [0.15, 0.2) is 18.2 Å². The zero-order valence-electron chi connectivity index (χ0n) is 11.0. The first-order chi connectivity index (χ1) is 8.82. The van der Waals surface area contributed by atoms with Crippen LogP contribution in [0.4, 0.5) is 4.39 Å². The number of amides is 1. The van der Waals surface area contributed by atoms with Crippen molar-refractivity contribution in [3.05, 3.63) is 34.6 Å². The summed E-state index contributed by atoms with van der Waals surface area (Å²) in [5, 5.41) is 9.95. The maximum Gasteiger partial charge on any atom is 0.255 e.